The van der Waals surface area contributed by atoms with Crippen molar-refractivity contribution in [2.24, 2.45) is 0 Å². The fourth-order valence-electron chi connectivity index (χ4n) is 3.04. The Bertz CT molecular complexity index is 924. The minimum atomic E-state index is -0.201. The molecule has 2 heterocycles. The van der Waals surface area contributed by atoms with Gasteiger partial charge in [0, 0.05) is 29.8 Å². The molecule has 3 aromatic rings. The number of anilines is 2. The van der Waals surface area contributed by atoms with Gasteiger partial charge in [-0.15, -0.1) is 11.3 Å². The number of thiazole rings is 1. The third-order valence-corrected chi connectivity index (χ3v) is 5.11. The van der Waals surface area contributed by atoms with Crippen molar-refractivity contribution in [3.8, 4) is 5.75 Å². The van der Waals surface area contributed by atoms with Gasteiger partial charge in [-0.05, 0) is 30.3 Å². The van der Waals surface area contributed by atoms with Crippen LogP contribution in [0.3, 0.4) is 0 Å². The molecule has 0 spiro atoms. The normalized spacial score (nSPS) is 13.9. The van der Waals surface area contributed by atoms with Gasteiger partial charge < -0.3 is 19.7 Å². The average molecular weight is 395 g/mol. The van der Waals surface area contributed by atoms with Crippen molar-refractivity contribution in [2.75, 3.05) is 36.5 Å². The number of hydrogen-bond donors (Lipinski definition) is 1. The Morgan fingerprint density at radius 3 is 2.86 bits per heavy atom. The molecule has 1 saturated heterocycles. The molecule has 0 aliphatic carbocycles. The fourth-order valence-corrected chi connectivity index (χ4v) is 3.58. The number of morpholine rings is 1. The van der Waals surface area contributed by atoms with E-state index in [1.807, 2.05) is 41.8 Å². The highest BCUT2D eigenvalue weighted by Gasteiger charge is 2.15. The van der Waals surface area contributed by atoms with Crippen LogP contribution >= 0.6 is 11.3 Å². The number of aromatic nitrogens is 1. The molecule has 0 atom stereocenters. The van der Waals surface area contributed by atoms with Crippen LogP contribution in [0.25, 0.3) is 0 Å². The largest absolute Gasteiger partial charge is 0.486 e. The Kier molecular flexibility index (Phi) is 5.84. The Labute approximate surface area is 167 Å². The molecule has 144 valence electrons. The standard InChI is InChI=1S/C21H21N3O3S/c25-21(19-6-1-2-7-20(19)27-13-17-14-28-15-22-17)23-16-4-3-5-18(12-16)24-8-10-26-11-9-24/h1-7,12,14-15H,8-11,13H2,(H,23,25). The lowest BCUT2D eigenvalue weighted by Crippen LogP contribution is -2.36. The number of carbonyl (C=O) groups is 1. The maximum atomic E-state index is 12.8. The Morgan fingerprint density at radius 2 is 2.04 bits per heavy atom. The molecular formula is C21H21N3O3S. The molecule has 2 aromatic carbocycles. The summed E-state index contributed by atoms with van der Waals surface area (Å²) in [7, 11) is 0. The zero-order valence-electron chi connectivity index (χ0n) is 15.3. The van der Waals surface area contributed by atoms with Gasteiger partial charge in [-0.1, -0.05) is 18.2 Å². The van der Waals surface area contributed by atoms with Crippen molar-refractivity contribution in [3.63, 3.8) is 0 Å². The molecular weight excluding hydrogens is 374 g/mol. The van der Waals surface area contributed by atoms with Crippen LogP contribution in [0.1, 0.15) is 16.1 Å². The van der Waals surface area contributed by atoms with Gasteiger partial charge in [0.05, 0.1) is 30.0 Å². The van der Waals surface area contributed by atoms with Crippen LogP contribution < -0.4 is 15.0 Å². The van der Waals surface area contributed by atoms with Crippen molar-refractivity contribution >= 4 is 28.6 Å². The van der Waals surface area contributed by atoms with Crippen LogP contribution in [0.15, 0.2) is 59.4 Å². The lowest BCUT2D eigenvalue weighted by molar-refractivity contribution is 0.102. The number of nitrogens with one attached hydrogen (secondary N) is 1. The van der Waals surface area contributed by atoms with Crippen LogP contribution in [-0.4, -0.2) is 37.2 Å². The number of para-hydroxylation sites is 1. The summed E-state index contributed by atoms with van der Waals surface area (Å²) < 4.78 is 11.2. The van der Waals surface area contributed by atoms with E-state index >= 15 is 0 Å². The molecule has 1 aliphatic heterocycles. The SMILES string of the molecule is O=C(Nc1cccc(N2CCOCC2)c1)c1ccccc1OCc1cscn1. The van der Waals surface area contributed by atoms with Gasteiger partial charge in [-0.2, -0.15) is 0 Å². The van der Waals surface area contributed by atoms with E-state index in [1.54, 1.807) is 17.6 Å². The maximum absolute atomic E-state index is 12.8. The number of benzene rings is 2. The molecule has 1 N–H and O–H groups in total. The lowest BCUT2D eigenvalue weighted by atomic mass is 10.1. The van der Waals surface area contributed by atoms with Crippen LogP contribution in [0.5, 0.6) is 5.75 Å². The molecule has 1 fully saturated rings. The molecule has 0 bridgehead atoms. The van der Waals surface area contributed by atoms with Crippen molar-refractivity contribution < 1.29 is 14.3 Å². The molecule has 4 rings (SSSR count). The topological polar surface area (TPSA) is 63.7 Å². The summed E-state index contributed by atoms with van der Waals surface area (Å²) in [5, 5.41) is 4.91. The summed E-state index contributed by atoms with van der Waals surface area (Å²) in [6.07, 6.45) is 0. The van der Waals surface area contributed by atoms with Crippen molar-refractivity contribution in [2.45, 2.75) is 6.61 Å². The molecule has 6 nitrogen and oxygen atoms in total. The highest BCUT2D eigenvalue weighted by atomic mass is 32.1. The predicted octanol–water partition coefficient (Wildman–Crippen LogP) is 3.81. The van der Waals surface area contributed by atoms with E-state index in [0.717, 1.165) is 43.4 Å². The molecule has 0 saturated carbocycles. The summed E-state index contributed by atoms with van der Waals surface area (Å²) in [5.74, 6) is 0.338. The molecule has 7 heteroatoms. The number of nitrogens with zero attached hydrogens (tertiary/aromatic N) is 2. The van der Waals surface area contributed by atoms with E-state index in [0.29, 0.717) is 17.9 Å². The Morgan fingerprint density at radius 1 is 1.18 bits per heavy atom. The van der Waals surface area contributed by atoms with Crippen molar-refractivity contribution in [1.82, 2.24) is 4.98 Å². The minimum absolute atomic E-state index is 0.201. The van der Waals surface area contributed by atoms with Gasteiger partial charge in [-0.3, -0.25) is 4.79 Å². The average Bonchev–Trinajstić information content (AvgIpc) is 3.27. The molecule has 0 unspecified atom stereocenters. The zero-order valence-corrected chi connectivity index (χ0v) is 16.2. The van der Waals surface area contributed by atoms with E-state index in [9.17, 15) is 4.79 Å². The summed E-state index contributed by atoms with van der Waals surface area (Å²) in [6, 6.07) is 15.1. The number of carbonyl (C=O) groups excluding carboxylic acids is 1. The third-order valence-electron chi connectivity index (χ3n) is 4.47. The van der Waals surface area contributed by atoms with E-state index in [4.69, 9.17) is 9.47 Å². The highest BCUT2D eigenvalue weighted by molar-refractivity contribution is 7.07. The second-order valence-electron chi connectivity index (χ2n) is 6.37. The van der Waals surface area contributed by atoms with Crippen LogP contribution in [0.4, 0.5) is 11.4 Å². The Hall–Kier alpha value is -2.90. The van der Waals surface area contributed by atoms with Gasteiger partial charge in [0.1, 0.15) is 12.4 Å². The number of amides is 1. The van der Waals surface area contributed by atoms with Gasteiger partial charge in [0.2, 0.25) is 0 Å². The van der Waals surface area contributed by atoms with Crippen molar-refractivity contribution in [3.05, 3.63) is 70.7 Å². The third kappa shape index (κ3) is 4.49. The van der Waals surface area contributed by atoms with Crippen LogP contribution in [0, 0.1) is 0 Å². The van der Waals surface area contributed by atoms with E-state index < -0.39 is 0 Å². The first-order valence-corrected chi connectivity index (χ1v) is 10.1. The summed E-state index contributed by atoms with van der Waals surface area (Å²) in [4.78, 5) is 19.3. The first-order valence-electron chi connectivity index (χ1n) is 9.12. The highest BCUT2D eigenvalue weighted by Crippen LogP contribution is 2.24. The van der Waals surface area contributed by atoms with E-state index in [2.05, 4.69) is 15.2 Å². The number of hydrogen-bond acceptors (Lipinski definition) is 6. The summed E-state index contributed by atoms with van der Waals surface area (Å²) >= 11 is 1.52. The van der Waals surface area contributed by atoms with Gasteiger partial charge >= 0.3 is 0 Å². The van der Waals surface area contributed by atoms with Crippen LogP contribution in [0.2, 0.25) is 0 Å². The quantitative estimate of drug-likeness (QED) is 0.688. The number of ether oxygens (including phenoxy) is 2. The van der Waals surface area contributed by atoms with Crippen molar-refractivity contribution in [1.29, 1.82) is 0 Å². The zero-order chi connectivity index (χ0) is 19.2. The first kappa shape index (κ1) is 18.5. The smallest absolute Gasteiger partial charge is 0.259 e. The van der Waals surface area contributed by atoms with E-state index in [1.165, 1.54) is 11.3 Å². The van der Waals surface area contributed by atoms with Crippen LogP contribution in [-0.2, 0) is 11.3 Å². The molecule has 1 amide bonds. The summed E-state index contributed by atoms with van der Waals surface area (Å²) in [5.41, 5.74) is 4.93. The van der Waals surface area contributed by atoms with Gasteiger partial charge in [0.15, 0.2) is 0 Å². The fraction of sp³-hybridized carbons (Fsp3) is 0.238. The molecule has 1 aromatic heterocycles. The lowest BCUT2D eigenvalue weighted by Gasteiger charge is -2.29. The maximum Gasteiger partial charge on any atom is 0.259 e. The van der Waals surface area contributed by atoms with E-state index in [-0.39, 0.29) is 5.91 Å². The minimum Gasteiger partial charge on any atom is -0.486 e. The van der Waals surface area contributed by atoms with Gasteiger partial charge in [-0.25, -0.2) is 4.98 Å². The second kappa shape index (κ2) is 8.86. The Balaban J connectivity index is 1.46. The second-order valence-corrected chi connectivity index (χ2v) is 7.09. The summed E-state index contributed by atoms with van der Waals surface area (Å²) in [6.45, 7) is 3.48. The monoisotopic (exact) mass is 395 g/mol. The molecule has 0 radical (unpaired) electrons. The molecule has 1 aliphatic rings. The van der Waals surface area contributed by atoms with Gasteiger partial charge in [0.25, 0.3) is 5.91 Å². The predicted molar refractivity (Wildman–Crippen MR) is 110 cm³/mol. The molecule has 28 heavy (non-hydrogen) atoms. The first-order chi connectivity index (χ1) is 13.8. The number of rotatable bonds is 6.